The lowest BCUT2D eigenvalue weighted by molar-refractivity contribution is -0.189. The Morgan fingerprint density at radius 3 is 1.94 bits per heavy atom. The van der Waals surface area contributed by atoms with Crippen LogP contribution >= 0.6 is 0 Å². The Morgan fingerprint density at radius 2 is 1.59 bits per heavy atom. The summed E-state index contributed by atoms with van der Waals surface area (Å²) in [5, 5.41) is 3.32. The van der Waals surface area contributed by atoms with Crippen LogP contribution in [0.25, 0.3) is 0 Å². The van der Waals surface area contributed by atoms with Crippen molar-refractivity contribution in [1.82, 2.24) is 10.2 Å². The average molecular weight is 242 g/mol. The minimum absolute atomic E-state index is 0.0529. The summed E-state index contributed by atoms with van der Waals surface area (Å²) in [4.78, 5) is 2.59. The molecule has 0 aromatic rings. The molecule has 1 fully saturated rings. The molecule has 0 saturated carbocycles. The molecule has 1 aliphatic rings. The maximum atomic E-state index is 6.14. The van der Waals surface area contributed by atoms with Crippen LogP contribution < -0.4 is 5.32 Å². The minimum atomic E-state index is -0.0529. The van der Waals surface area contributed by atoms with Crippen LogP contribution in [-0.2, 0) is 4.74 Å². The maximum absolute atomic E-state index is 6.14. The van der Waals surface area contributed by atoms with Gasteiger partial charge in [-0.1, -0.05) is 13.8 Å². The summed E-state index contributed by atoms with van der Waals surface area (Å²) in [5.74, 6) is 0.659. The first kappa shape index (κ1) is 14.9. The highest BCUT2D eigenvalue weighted by Crippen LogP contribution is 2.30. The molecule has 0 bridgehead atoms. The third-order valence-corrected chi connectivity index (χ3v) is 3.37. The Morgan fingerprint density at radius 1 is 1.12 bits per heavy atom. The van der Waals surface area contributed by atoms with Gasteiger partial charge >= 0.3 is 0 Å². The van der Waals surface area contributed by atoms with Crippen molar-refractivity contribution in [2.75, 3.05) is 26.7 Å². The number of likely N-dealkylation sites (N-methyl/N-ethyl adjacent to an activating group) is 1. The summed E-state index contributed by atoms with van der Waals surface area (Å²) in [6.45, 7) is 16.4. The highest BCUT2D eigenvalue weighted by Gasteiger charge is 2.40. The van der Waals surface area contributed by atoms with Crippen molar-refractivity contribution in [1.29, 1.82) is 0 Å². The standard InChI is InChI=1S/C14H30N2O/c1-11(2)12(8-15-7)16-9-13(3,4)17-14(5,6)10-16/h11-12,15H,8-10H2,1-7H3. The van der Waals surface area contributed by atoms with Gasteiger partial charge in [0.25, 0.3) is 0 Å². The molecule has 1 unspecified atom stereocenters. The molecule has 1 aliphatic heterocycles. The number of rotatable bonds is 4. The van der Waals surface area contributed by atoms with Crippen molar-refractivity contribution >= 4 is 0 Å². The normalized spacial score (nSPS) is 26.1. The van der Waals surface area contributed by atoms with Gasteiger partial charge < -0.3 is 10.1 Å². The van der Waals surface area contributed by atoms with E-state index in [1.807, 2.05) is 7.05 Å². The molecule has 1 atom stereocenters. The summed E-state index contributed by atoms with van der Waals surface area (Å²) < 4.78 is 6.14. The van der Waals surface area contributed by atoms with E-state index in [4.69, 9.17) is 4.74 Å². The smallest absolute Gasteiger partial charge is 0.0760 e. The summed E-state index contributed by atoms with van der Waals surface area (Å²) in [5.41, 5.74) is -0.106. The highest BCUT2D eigenvalue weighted by atomic mass is 16.5. The van der Waals surface area contributed by atoms with Crippen molar-refractivity contribution < 1.29 is 4.74 Å². The predicted molar refractivity (Wildman–Crippen MR) is 73.4 cm³/mol. The van der Waals surface area contributed by atoms with E-state index in [0.717, 1.165) is 19.6 Å². The lowest BCUT2D eigenvalue weighted by atomic mass is 9.93. The molecule has 3 heteroatoms. The molecule has 1 saturated heterocycles. The molecule has 0 amide bonds. The van der Waals surface area contributed by atoms with E-state index < -0.39 is 0 Å². The van der Waals surface area contributed by atoms with E-state index in [1.165, 1.54) is 0 Å². The van der Waals surface area contributed by atoms with E-state index >= 15 is 0 Å². The van der Waals surface area contributed by atoms with Crippen LogP contribution in [0.15, 0.2) is 0 Å². The lowest BCUT2D eigenvalue weighted by Gasteiger charge is -2.50. The SMILES string of the molecule is CNCC(C(C)C)N1CC(C)(C)OC(C)(C)C1. The fourth-order valence-corrected chi connectivity index (χ4v) is 3.08. The third-order valence-electron chi connectivity index (χ3n) is 3.37. The molecule has 3 nitrogen and oxygen atoms in total. The van der Waals surface area contributed by atoms with Crippen LogP contribution in [0.3, 0.4) is 0 Å². The second-order valence-corrected chi connectivity index (χ2v) is 6.90. The Hall–Kier alpha value is -0.120. The lowest BCUT2D eigenvalue weighted by Crippen LogP contribution is -2.61. The van der Waals surface area contributed by atoms with E-state index in [0.29, 0.717) is 12.0 Å². The molecule has 102 valence electrons. The van der Waals surface area contributed by atoms with Crippen molar-refractivity contribution in [2.24, 2.45) is 5.92 Å². The van der Waals surface area contributed by atoms with Gasteiger partial charge in [0.05, 0.1) is 11.2 Å². The molecule has 1 rings (SSSR count). The first-order valence-electron chi connectivity index (χ1n) is 6.76. The van der Waals surface area contributed by atoms with E-state index in [2.05, 4.69) is 51.8 Å². The second-order valence-electron chi connectivity index (χ2n) is 6.90. The average Bonchev–Trinajstić information content (AvgIpc) is 2.08. The molecular weight excluding hydrogens is 212 g/mol. The Bertz CT molecular complexity index is 233. The maximum Gasteiger partial charge on any atom is 0.0760 e. The van der Waals surface area contributed by atoms with Crippen LogP contribution in [0.5, 0.6) is 0 Å². The Kier molecular flexibility index (Phi) is 4.61. The number of ether oxygens (including phenoxy) is 1. The van der Waals surface area contributed by atoms with Crippen molar-refractivity contribution in [3.63, 3.8) is 0 Å². The van der Waals surface area contributed by atoms with E-state index in [-0.39, 0.29) is 11.2 Å². The van der Waals surface area contributed by atoms with Gasteiger partial charge in [-0.3, -0.25) is 4.90 Å². The van der Waals surface area contributed by atoms with Gasteiger partial charge in [-0.05, 0) is 40.7 Å². The van der Waals surface area contributed by atoms with Crippen molar-refractivity contribution in [2.45, 2.75) is 58.8 Å². The van der Waals surface area contributed by atoms with Crippen LogP contribution in [-0.4, -0.2) is 48.8 Å². The number of morpholine rings is 1. The first-order valence-corrected chi connectivity index (χ1v) is 6.76. The third kappa shape index (κ3) is 4.23. The summed E-state index contributed by atoms with van der Waals surface area (Å²) >= 11 is 0. The Balaban J connectivity index is 2.80. The first-order chi connectivity index (χ1) is 7.67. The fraction of sp³-hybridized carbons (Fsp3) is 1.00. The zero-order chi connectivity index (χ0) is 13.3. The highest BCUT2D eigenvalue weighted by molar-refractivity contribution is 4.93. The zero-order valence-electron chi connectivity index (χ0n) is 12.6. The summed E-state index contributed by atoms with van der Waals surface area (Å²) in [7, 11) is 2.03. The van der Waals surface area contributed by atoms with Crippen LogP contribution in [0.1, 0.15) is 41.5 Å². The molecular formula is C14H30N2O. The summed E-state index contributed by atoms with van der Waals surface area (Å²) in [6, 6.07) is 0.586. The predicted octanol–water partition coefficient (Wildman–Crippen LogP) is 2.12. The van der Waals surface area contributed by atoms with Gasteiger partial charge in [-0.25, -0.2) is 0 Å². The molecule has 0 spiro atoms. The minimum Gasteiger partial charge on any atom is -0.367 e. The van der Waals surface area contributed by atoms with E-state index in [1.54, 1.807) is 0 Å². The number of nitrogens with zero attached hydrogens (tertiary/aromatic N) is 1. The van der Waals surface area contributed by atoms with Crippen LogP contribution in [0, 0.1) is 5.92 Å². The molecule has 0 aliphatic carbocycles. The van der Waals surface area contributed by atoms with Crippen LogP contribution in [0.2, 0.25) is 0 Å². The van der Waals surface area contributed by atoms with Gasteiger partial charge in [0.15, 0.2) is 0 Å². The number of hydrogen-bond acceptors (Lipinski definition) is 3. The van der Waals surface area contributed by atoms with Crippen molar-refractivity contribution in [3.8, 4) is 0 Å². The van der Waals surface area contributed by atoms with Crippen molar-refractivity contribution in [3.05, 3.63) is 0 Å². The quantitative estimate of drug-likeness (QED) is 0.817. The molecule has 0 aromatic heterocycles. The van der Waals surface area contributed by atoms with Gasteiger partial charge in [0.1, 0.15) is 0 Å². The van der Waals surface area contributed by atoms with Gasteiger partial charge in [0, 0.05) is 25.7 Å². The summed E-state index contributed by atoms with van der Waals surface area (Å²) in [6.07, 6.45) is 0. The topological polar surface area (TPSA) is 24.5 Å². The Labute approximate surface area is 107 Å². The zero-order valence-corrected chi connectivity index (χ0v) is 12.6. The largest absolute Gasteiger partial charge is 0.367 e. The van der Waals surface area contributed by atoms with Crippen LogP contribution in [0.4, 0.5) is 0 Å². The molecule has 1 N–H and O–H groups in total. The van der Waals surface area contributed by atoms with E-state index in [9.17, 15) is 0 Å². The molecule has 0 aromatic carbocycles. The van der Waals surface area contributed by atoms with Gasteiger partial charge in [0.2, 0.25) is 0 Å². The van der Waals surface area contributed by atoms with Gasteiger partial charge in [-0.15, -0.1) is 0 Å². The fourth-order valence-electron chi connectivity index (χ4n) is 3.08. The molecule has 1 heterocycles. The number of hydrogen-bond donors (Lipinski definition) is 1. The molecule has 0 radical (unpaired) electrons. The second kappa shape index (κ2) is 5.25. The molecule has 17 heavy (non-hydrogen) atoms. The number of nitrogens with one attached hydrogen (secondary N) is 1. The monoisotopic (exact) mass is 242 g/mol. The van der Waals surface area contributed by atoms with Gasteiger partial charge in [-0.2, -0.15) is 0 Å².